The molecule has 0 spiro atoms. The maximum Gasteiger partial charge on any atom is 0.213 e. The highest BCUT2D eigenvalue weighted by Gasteiger charge is 2.19. The quantitative estimate of drug-likeness (QED) is 0.390. The molecule has 0 aliphatic rings. The molecule has 0 atom stereocenters. The fourth-order valence-electron chi connectivity index (χ4n) is 1.95. The fourth-order valence-corrected chi connectivity index (χ4v) is 2.16. The maximum atomic E-state index is 13.2. The van der Waals surface area contributed by atoms with Crippen LogP contribution in [0.3, 0.4) is 0 Å². The molecular formula is C17H23ClFIN4O. The monoisotopic (exact) mass is 480 g/mol. The summed E-state index contributed by atoms with van der Waals surface area (Å²) in [6.07, 6.45) is 1.74. The zero-order valence-electron chi connectivity index (χ0n) is 14.7. The molecule has 0 radical (unpaired) electrons. The Morgan fingerprint density at radius 3 is 2.52 bits per heavy atom. The molecule has 1 aromatic carbocycles. The second-order valence-corrected chi connectivity index (χ2v) is 6.80. The summed E-state index contributed by atoms with van der Waals surface area (Å²) in [6.45, 7) is 7.09. The number of nitrogens with zero attached hydrogens (tertiary/aromatic N) is 2. The average Bonchev–Trinajstić information content (AvgIpc) is 3.00. The highest BCUT2D eigenvalue weighted by Crippen LogP contribution is 2.22. The topological polar surface area (TPSA) is 62.5 Å². The van der Waals surface area contributed by atoms with E-state index < -0.39 is 5.82 Å². The van der Waals surface area contributed by atoms with Crippen molar-refractivity contribution in [3.05, 3.63) is 52.5 Å². The molecule has 1 heterocycles. The Bertz CT molecular complexity index is 728. The number of oxazole rings is 1. The van der Waals surface area contributed by atoms with Crippen LogP contribution in [-0.2, 0) is 18.5 Å². The van der Waals surface area contributed by atoms with Gasteiger partial charge in [-0.15, -0.1) is 24.0 Å². The summed E-state index contributed by atoms with van der Waals surface area (Å²) in [6, 6.07) is 4.60. The lowest BCUT2D eigenvalue weighted by Gasteiger charge is -2.13. The van der Waals surface area contributed by atoms with Crippen molar-refractivity contribution >= 4 is 41.5 Å². The Morgan fingerprint density at radius 1 is 1.28 bits per heavy atom. The van der Waals surface area contributed by atoms with Crippen molar-refractivity contribution < 1.29 is 8.81 Å². The number of halogens is 3. The molecule has 25 heavy (non-hydrogen) atoms. The van der Waals surface area contributed by atoms with Crippen molar-refractivity contribution in [1.82, 2.24) is 15.6 Å². The Labute approximate surface area is 169 Å². The minimum Gasteiger partial charge on any atom is -0.443 e. The minimum atomic E-state index is -0.429. The molecule has 2 rings (SSSR count). The van der Waals surface area contributed by atoms with Crippen LogP contribution in [0.15, 0.2) is 33.8 Å². The summed E-state index contributed by atoms with van der Waals surface area (Å²) in [5, 5.41) is 6.35. The van der Waals surface area contributed by atoms with Gasteiger partial charge in [0.25, 0.3) is 0 Å². The van der Waals surface area contributed by atoms with Crippen molar-refractivity contribution in [3.8, 4) is 0 Å². The van der Waals surface area contributed by atoms with Gasteiger partial charge < -0.3 is 15.1 Å². The van der Waals surface area contributed by atoms with Crippen LogP contribution in [0.5, 0.6) is 0 Å². The smallest absolute Gasteiger partial charge is 0.213 e. The van der Waals surface area contributed by atoms with Gasteiger partial charge in [-0.1, -0.05) is 38.4 Å². The normalized spacial score (nSPS) is 11.8. The largest absolute Gasteiger partial charge is 0.443 e. The van der Waals surface area contributed by atoms with Crippen LogP contribution >= 0.6 is 35.6 Å². The van der Waals surface area contributed by atoms with Crippen LogP contribution in [0.4, 0.5) is 4.39 Å². The van der Waals surface area contributed by atoms with Crippen LogP contribution in [-0.4, -0.2) is 18.0 Å². The van der Waals surface area contributed by atoms with Crippen LogP contribution in [0, 0.1) is 5.82 Å². The van der Waals surface area contributed by atoms with Gasteiger partial charge in [-0.3, -0.25) is 4.99 Å². The Kier molecular flexibility index (Phi) is 8.14. The van der Waals surface area contributed by atoms with Gasteiger partial charge in [0.15, 0.2) is 5.96 Å². The molecule has 0 fully saturated rings. The SMILES string of the molecule is CN=C(NCc1ccc(F)c(Cl)c1)NCc1ncc(C(C)(C)C)o1.I. The third-order valence-corrected chi connectivity index (χ3v) is 3.66. The van der Waals surface area contributed by atoms with Crippen LogP contribution in [0.2, 0.25) is 5.02 Å². The molecule has 1 aromatic heterocycles. The van der Waals surface area contributed by atoms with Gasteiger partial charge >= 0.3 is 0 Å². The summed E-state index contributed by atoms with van der Waals surface area (Å²) >= 11 is 5.77. The lowest BCUT2D eigenvalue weighted by Crippen LogP contribution is -2.36. The average molecular weight is 481 g/mol. The minimum absolute atomic E-state index is 0. The molecule has 0 amide bonds. The number of nitrogens with one attached hydrogen (secondary N) is 2. The van der Waals surface area contributed by atoms with Gasteiger partial charge in [0, 0.05) is 19.0 Å². The molecule has 0 aliphatic heterocycles. The molecule has 0 saturated heterocycles. The number of benzene rings is 1. The van der Waals surface area contributed by atoms with Crippen molar-refractivity contribution in [2.24, 2.45) is 4.99 Å². The highest BCUT2D eigenvalue weighted by molar-refractivity contribution is 14.0. The number of hydrogen-bond acceptors (Lipinski definition) is 3. The fraction of sp³-hybridized carbons (Fsp3) is 0.412. The number of hydrogen-bond donors (Lipinski definition) is 2. The molecule has 138 valence electrons. The Morgan fingerprint density at radius 2 is 1.96 bits per heavy atom. The summed E-state index contributed by atoms with van der Waals surface area (Å²) in [5.74, 6) is 1.59. The Hall–Kier alpha value is -1.35. The second-order valence-electron chi connectivity index (χ2n) is 6.40. The van der Waals surface area contributed by atoms with Crippen molar-refractivity contribution in [3.63, 3.8) is 0 Å². The van der Waals surface area contributed by atoms with Crippen molar-refractivity contribution in [2.75, 3.05) is 7.05 Å². The van der Waals surface area contributed by atoms with Gasteiger partial charge in [-0.2, -0.15) is 0 Å². The first-order chi connectivity index (χ1) is 11.3. The molecular weight excluding hydrogens is 458 g/mol. The first kappa shape index (κ1) is 21.7. The van der Waals surface area contributed by atoms with Crippen molar-refractivity contribution in [2.45, 2.75) is 39.3 Å². The van der Waals surface area contributed by atoms with E-state index in [0.29, 0.717) is 24.9 Å². The molecule has 8 heteroatoms. The standard InChI is InChI=1S/C17H22ClFN4O.HI/c1-17(2,3)14-9-21-15(24-14)10-23-16(20-4)22-8-11-5-6-13(19)12(18)7-11;/h5-7,9H,8,10H2,1-4H3,(H2,20,22,23);1H. The van der Waals surface area contributed by atoms with E-state index in [1.807, 2.05) is 0 Å². The van der Waals surface area contributed by atoms with Crippen LogP contribution in [0.1, 0.15) is 38.0 Å². The predicted molar refractivity (Wildman–Crippen MR) is 109 cm³/mol. The molecule has 0 bridgehead atoms. The Balaban J connectivity index is 0.00000312. The van der Waals surface area contributed by atoms with Crippen LogP contribution < -0.4 is 10.6 Å². The number of rotatable bonds is 4. The van der Waals surface area contributed by atoms with E-state index in [1.165, 1.54) is 6.07 Å². The zero-order valence-corrected chi connectivity index (χ0v) is 17.8. The predicted octanol–water partition coefficient (Wildman–Crippen LogP) is 4.25. The summed E-state index contributed by atoms with van der Waals surface area (Å²) < 4.78 is 18.9. The molecule has 2 N–H and O–H groups in total. The molecule has 2 aromatic rings. The zero-order chi connectivity index (χ0) is 17.7. The number of guanidine groups is 1. The maximum absolute atomic E-state index is 13.2. The van der Waals surface area contributed by atoms with Gasteiger partial charge in [-0.05, 0) is 17.7 Å². The summed E-state index contributed by atoms with van der Waals surface area (Å²) in [4.78, 5) is 8.39. The molecule has 0 aliphatic carbocycles. The summed E-state index contributed by atoms with van der Waals surface area (Å²) in [5.41, 5.74) is 0.781. The van der Waals surface area contributed by atoms with Gasteiger partial charge in [-0.25, -0.2) is 9.37 Å². The van der Waals surface area contributed by atoms with E-state index in [2.05, 4.69) is 41.4 Å². The highest BCUT2D eigenvalue weighted by atomic mass is 127. The van der Waals surface area contributed by atoms with E-state index in [4.69, 9.17) is 16.0 Å². The first-order valence-electron chi connectivity index (χ1n) is 7.63. The summed E-state index contributed by atoms with van der Waals surface area (Å²) in [7, 11) is 1.67. The molecule has 0 unspecified atom stereocenters. The van der Waals surface area contributed by atoms with Gasteiger partial charge in [0.1, 0.15) is 11.6 Å². The van der Waals surface area contributed by atoms with E-state index >= 15 is 0 Å². The van der Waals surface area contributed by atoms with Gasteiger partial charge in [0.05, 0.1) is 17.8 Å². The molecule has 5 nitrogen and oxygen atoms in total. The van der Waals surface area contributed by atoms with E-state index in [-0.39, 0.29) is 34.4 Å². The van der Waals surface area contributed by atoms with E-state index in [1.54, 1.807) is 25.4 Å². The number of aliphatic imine (C=N–C) groups is 1. The van der Waals surface area contributed by atoms with Gasteiger partial charge in [0.2, 0.25) is 5.89 Å². The van der Waals surface area contributed by atoms with E-state index in [9.17, 15) is 4.39 Å². The lowest BCUT2D eigenvalue weighted by atomic mass is 9.94. The third kappa shape index (κ3) is 6.47. The van der Waals surface area contributed by atoms with Crippen molar-refractivity contribution in [1.29, 1.82) is 0 Å². The molecule has 0 saturated carbocycles. The first-order valence-corrected chi connectivity index (χ1v) is 8.01. The number of aromatic nitrogens is 1. The van der Waals surface area contributed by atoms with Crippen LogP contribution in [0.25, 0.3) is 0 Å². The lowest BCUT2D eigenvalue weighted by molar-refractivity contribution is 0.379. The van der Waals surface area contributed by atoms with E-state index in [0.717, 1.165) is 11.3 Å². The third-order valence-electron chi connectivity index (χ3n) is 3.37. The second kappa shape index (κ2) is 9.38.